The Morgan fingerprint density at radius 2 is 1.96 bits per heavy atom. The number of hydrogen-bond acceptors (Lipinski definition) is 5. The summed E-state index contributed by atoms with van der Waals surface area (Å²) in [4.78, 5) is 19.4. The van der Waals surface area contributed by atoms with Gasteiger partial charge in [0.05, 0.1) is 18.5 Å². The molecular weight excluding hydrogens is 356 g/mol. The molecule has 140 valence electrons. The number of esters is 1. The maximum atomic E-state index is 12.0. The van der Waals surface area contributed by atoms with E-state index >= 15 is 0 Å². The Kier molecular flexibility index (Phi) is 5.12. The highest BCUT2D eigenvalue weighted by Crippen LogP contribution is 2.45. The predicted molar refractivity (Wildman–Crippen MR) is 111 cm³/mol. The fourth-order valence-corrected chi connectivity index (χ4v) is 4.37. The zero-order valence-electron chi connectivity index (χ0n) is 15.8. The molecule has 1 heterocycles. The second-order valence-corrected chi connectivity index (χ2v) is 7.88. The van der Waals surface area contributed by atoms with Gasteiger partial charge in [0.15, 0.2) is 5.13 Å². The van der Waals surface area contributed by atoms with Crippen LogP contribution in [0.4, 0.5) is 10.8 Å². The number of rotatable bonds is 7. The van der Waals surface area contributed by atoms with Crippen LogP contribution in [-0.2, 0) is 4.74 Å². The van der Waals surface area contributed by atoms with Crippen molar-refractivity contribution in [2.75, 3.05) is 18.1 Å². The van der Waals surface area contributed by atoms with Crippen LogP contribution in [0.2, 0.25) is 0 Å². The Bertz CT molecular complexity index is 962. The molecule has 0 radical (unpaired) electrons. The molecule has 3 aromatic rings. The SMILES string of the molecule is CCCN(c1ncc(C(=O)OCC)s1)c1ccc(C2CC2)c2ccccc12. The molecule has 1 fully saturated rings. The van der Waals surface area contributed by atoms with E-state index in [4.69, 9.17) is 4.74 Å². The normalized spacial score (nSPS) is 13.7. The monoisotopic (exact) mass is 380 g/mol. The van der Waals surface area contributed by atoms with Crippen LogP contribution in [-0.4, -0.2) is 24.1 Å². The van der Waals surface area contributed by atoms with Gasteiger partial charge in [0, 0.05) is 11.9 Å². The van der Waals surface area contributed by atoms with Gasteiger partial charge >= 0.3 is 5.97 Å². The first-order valence-corrected chi connectivity index (χ1v) is 10.5. The summed E-state index contributed by atoms with van der Waals surface area (Å²) >= 11 is 1.40. The van der Waals surface area contributed by atoms with Crippen LogP contribution in [0.25, 0.3) is 10.8 Å². The Morgan fingerprint density at radius 1 is 1.19 bits per heavy atom. The van der Waals surface area contributed by atoms with Crippen molar-refractivity contribution in [1.29, 1.82) is 0 Å². The minimum atomic E-state index is -0.299. The second-order valence-electron chi connectivity index (χ2n) is 6.87. The molecule has 0 aliphatic heterocycles. The number of benzene rings is 2. The average molecular weight is 381 g/mol. The van der Waals surface area contributed by atoms with E-state index in [0.29, 0.717) is 17.4 Å². The van der Waals surface area contributed by atoms with E-state index in [9.17, 15) is 4.79 Å². The molecule has 0 N–H and O–H groups in total. The third kappa shape index (κ3) is 3.56. The molecule has 0 unspecified atom stereocenters. The summed E-state index contributed by atoms with van der Waals surface area (Å²) in [5, 5.41) is 3.42. The molecule has 27 heavy (non-hydrogen) atoms. The van der Waals surface area contributed by atoms with Gasteiger partial charge in [0.25, 0.3) is 0 Å². The van der Waals surface area contributed by atoms with E-state index in [-0.39, 0.29) is 5.97 Å². The van der Waals surface area contributed by atoms with Crippen molar-refractivity contribution in [3.8, 4) is 0 Å². The third-order valence-corrected chi connectivity index (χ3v) is 5.89. The number of nitrogens with zero attached hydrogens (tertiary/aromatic N) is 2. The summed E-state index contributed by atoms with van der Waals surface area (Å²) in [5.41, 5.74) is 2.61. The fraction of sp³-hybridized carbons (Fsp3) is 0.364. The lowest BCUT2D eigenvalue weighted by atomic mass is 9.99. The van der Waals surface area contributed by atoms with Gasteiger partial charge in [-0.25, -0.2) is 9.78 Å². The molecule has 0 bridgehead atoms. The molecule has 0 atom stereocenters. The van der Waals surface area contributed by atoms with Crippen molar-refractivity contribution in [2.24, 2.45) is 0 Å². The Labute approximate surface area is 163 Å². The highest BCUT2D eigenvalue weighted by Gasteiger charge is 2.26. The van der Waals surface area contributed by atoms with Crippen molar-refractivity contribution >= 4 is 38.9 Å². The topological polar surface area (TPSA) is 42.4 Å². The van der Waals surface area contributed by atoms with E-state index in [1.165, 1.54) is 40.5 Å². The number of ether oxygens (including phenoxy) is 1. The molecule has 1 aromatic heterocycles. The smallest absolute Gasteiger partial charge is 0.350 e. The van der Waals surface area contributed by atoms with E-state index in [1.807, 2.05) is 6.92 Å². The van der Waals surface area contributed by atoms with Gasteiger partial charge in [-0.05, 0) is 49.1 Å². The zero-order valence-corrected chi connectivity index (χ0v) is 16.6. The number of hydrogen-bond donors (Lipinski definition) is 0. The summed E-state index contributed by atoms with van der Waals surface area (Å²) in [7, 11) is 0. The first-order chi connectivity index (χ1) is 13.2. The third-order valence-electron chi connectivity index (χ3n) is 4.89. The zero-order chi connectivity index (χ0) is 18.8. The van der Waals surface area contributed by atoms with Crippen molar-refractivity contribution in [1.82, 2.24) is 4.98 Å². The molecule has 4 rings (SSSR count). The van der Waals surface area contributed by atoms with Crippen LogP contribution in [0.3, 0.4) is 0 Å². The molecule has 1 aliphatic carbocycles. The fourth-order valence-electron chi connectivity index (χ4n) is 3.52. The molecule has 0 amide bonds. The van der Waals surface area contributed by atoms with Gasteiger partial charge in [0.2, 0.25) is 0 Å². The van der Waals surface area contributed by atoms with Crippen LogP contribution in [0.1, 0.15) is 54.3 Å². The maximum Gasteiger partial charge on any atom is 0.350 e. The number of carbonyl (C=O) groups is 1. The molecule has 0 saturated heterocycles. The summed E-state index contributed by atoms with van der Waals surface area (Å²) in [5.74, 6) is 0.408. The second kappa shape index (κ2) is 7.69. The lowest BCUT2D eigenvalue weighted by Crippen LogP contribution is -2.18. The number of fused-ring (bicyclic) bond motifs is 1. The van der Waals surface area contributed by atoms with Crippen LogP contribution in [0.5, 0.6) is 0 Å². The lowest BCUT2D eigenvalue weighted by Gasteiger charge is -2.24. The van der Waals surface area contributed by atoms with E-state index < -0.39 is 0 Å². The van der Waals surface area contributed by atoms with Gasteiger partial charge in [-0.3, -0.25) is 0 Å². The molecule has 5 heteroatoms. The van der Waals surface area contributed by atoms with Crippen LogP contribution >= 0.6 is 11.3 Å². The van der Waals surface area contributed by atoms with E-state index in [0.717, 1.165) is 23.8 Å². The summed E-state index contributed by atoms with van der Waals surface area (Å²) < 4.78 is 5.12. The largest absolute Gasteiger partial charge is 0.462 e. The van der Waals surface area contributed by atoms with Gasteiger partial charge in [0.1, 0.15) is 4.88 Å². The van der Waals surface area contributed by atoms with Gasteiger partial charge in [-0.1, -0.05) is 48.6 Å². The number of aromatic nitrogens is 1. The first-order valence-electron chi connectivity index (χ1n) is 9.65. The highest BCUT2D eigenvalue weighted by molar-refractivity contribution is 7.17. The average Bonchev–Trinajstić information content (AvgIpc) is 3.41. The minimum absolute atomic E-state index is 0.299. The van der Waals surface area contributed by atoms with Crippen LogP contribution in [0, 0.1) is 0 Å². The van der Waals surface area contributed by atoms with Gasteiger partial charge in [-0.2, -0.15) is 0 Å². The summed E-state index contributed by atoms with van der Waals surface area (Å²) in [6.45, 7) is 5.20. The van der Waals surface area contributed by atoms with E-state index in [1.54, 1.807) is 6.20 Å². The Hall–Kier alpha value is -2.40. The van der Waals surface area contributed by atoms with Crippen molar-refractivity contribution in [3.05, 3.63) is 53.0 Å². The quantitative estimate of drug-likeness (QED) is 0.479. The molecule has 2 aromatic carbocycles. The van der Waals surface area contributed by atoms with Crippen LogP contribution < -0.4 is 4.90 Å². The highest BCUT2D eigenvalue weighted by atomic mass is 32.1. The Balaban J connectivity index is 1.77. The summed E-state index contributed by atoms with van der Waals surface area (Å²) in [6.07, 6.45) is 5.20. The van der Waals surface area contributed by atoms with Crippen molar-refractivity contribution < 1.29 is 9.53 Å². The van der Waals surface area contributed by atoms with Crippen molar-refractivity contribution in [2.45, 2.75) is 39.0 Å². The number of carbonyl (C=O) groups excluding carboxylic acids is 1. The minimum Gasteiger partial charge on any atom is -0.462 e. The molecule has 1 aliphatic rings. The first kappa shape index (κ1) is 18.0. The standard InChI is InChI=1S/C22H24N2O2S/c1-3-13-24(22-23-14-20(27-22)21(25)26-4-2)19-12-11-16(15-9-10-15)17-7-5-6-8-18(17)19/h5-8,11-12,14-15H,3-4,9-10,13H2,1-2H3. The Morgan fingerprint density at radius 3 is 2.67 bits per heavy atom. The molecule has 1 saturated carbocycles. The van der Waals surface area contributed by atoms with Gasteiger partial charge in [-0.15, -0.1) is 0 Å². The van der Waals surface area contributed by atoms with E-state index in [2.05, 4.69) is 53.2 Å². The number of thiazole rings is 1. The summed E-state index contributed by atoms with van der Waals surface area (Å²) in [6, 6.07) is 13.1. The van der Waals surface area contributed by atoms with Crippen molar-refractivity contribution in [3.63, 3.8) is 0 Å². The lowest BCUT2D eigenvalue weighted by molar-refractivity contribution is 0.0532. The van der Waals surface area contributed by atoms with Crippen LogP contribution in [0.15, 0.2) is 42.6 Å². The molecule has 4 nitrogen and oxygen atoms in total. The van der Waals surface area contributed by atoms with Gasteiger partial charge < -0.3 is 9.64 Å². The predicted octanol–water partition coefficient (Wildman–Crippen LogP) is 5.90. The molecular formula is C22H24N2O2S. The molecule has 0 spiro atoms. The number of anilines is 2. The maximum absolute atomic E-state index is 12.0.